The Morgan fingerprint density at radius 2 is 2.17 bits per heavy atom. The van der Waals surface area contributed by atoms with Crippen molar-refractivity contribution in [3.05, 3.63) is 23.9 Å². The Morgan fingerprint density at radius 1 is 1.39 bits per heavy atom. The molecule has 2 N–H and O–H groups in total. The number of carbonyl (C=O) groups excluding carboxylic acids is 1. The Bertz CT molecular complexity index is 489. The minimum Gasteiger partial charge on any atom is -0.379 e. The second-order valence-corrected chi connectivity index (χ2v) is 5.98. The summed E-state index contributed by atoms with van der Waals surface area (Å²) in [5.74, 6) is 0.993. The summed E-state index contributed by atoms with van der Waals surface area (Å²) in [6.45, 7) is 9.03. The number of ether oxygens (including phenoxy) is 1. The van der Waals surface area contributed by atoms with E-state index >= 15 is 0 Å². The van der Waals surface area contributed by atoms with Gasteiger partial charge in [0.1, 0.15) is 5.82 Å². The Hall–Kier alpha value is -1.66. The third-order valence-electron chi connectivity index (χ3n) is 4.21. The summed E-state index contributed by atoms with van der Waals surface area (Å²) in [4.78, 5) is 18.6. The zero-order valence-electron chi connectivity index (χ0n) is 14.2. The van der Waals surface area contributed by atoms with E-state index in [9.17, 15) is 4.79 Å². The van der Waals surface area contributed by atoms with Crippen LogP contribution in [0.2, 0.25) is 0 Å². The van der Waals surface area contributed by atoms with Crippen LogP contribution in [-0.4, -0.2) is 61.2 Å². The minimum atomic E-state index is 0.115. The van der Waals surface area contributed by atoms with Crippen LogP contribution in [0.5, 0.6) is 0 Å². The van der Waals surface area contributed by atoms with Crippen LogP contribution in [0.1, 0.15) is 25.3 Å². The Balaban J connectivity index is 1.57. The van der Waals surface area contributed by atoms with Crippen molar-refractivity contribution < 1.29 is 9.53 Å². The molecule has 1 aromatic heterocycles. The number of rotatable bonds is 8. The molecule has 1 fully saturated rings. The van der Waals surface area contributed by atoms with Gasteiger partial charge in [0.25, 0.3) is 0 Å². The molecule has 1 amide bonds. The lowest BCUT2D eigenvalue weighted by atomic mass is 10.1. The number of hydrogen-bond acceptors (Lipinski definition) is 5. The van der Waals surface area contributed by atoms with Crippen LogP contribution in [0, 0.1) is 6.92 Å². The van der Waals surface area contributed by atoms with Gasteiger partial charge in [-0.1, -0.05) is 6.07 Å². The third kappa shape index (κ3) is 6.15. The van der Waals surface area contributed by atoms with Gasteiger partial charge >= 0.3 is 0 Å². The van der Waals surface area contributed by atoms with Gasteiger partial charge < -0.3 is 15.4 Å². The molecule has 1 atom stereocenters. The van der Waals surface area contributed by atoms with E-state index in [4.69, 9.17) is 4.74 Å². The molecule has 0 radical (unpaired) electrons. The lowest BCUT2D eigenvalue weighted by Crippen LogP contribution is -2.42. The molecule has 2 rings (SSSR count). The predicted octanol–water partition coefficient (Wildman–Crippen LogP) is 1.42. The number of morpholine rings is 1. The first-order chi connectivity index (χ1) is 11.2. The summed E-state index contributed by atoms with van der Waals surface area (Å²) < 4.78 is 5.35. The fourth-order valence-corrected chi connectivity index (χ4v) is 2.68. The van der Waals surface area contributed by atoms with E-state index in [1.807, 2.05) is 19.1 Å². The largest absolute Gasteiger partial charge is 0.379 e. The van der Waals surface area contributed by atoms with Crippen LogP contribution >= 0.6 is 0 Å². The molecule has 0 aliphatic carbocycles. The molecule has 6 nitrogen and oxygen atoms in total. The molecule has 6 heteroatoms. The van der Waals surface area contributed by atoms with Crippen molar-refractivity contribution >= 4 is 11.7 Å². The van der Waals surface area contributed by atoms with Crippen molar-refractivity contribution in [1.29, 1.82) is 0 Å². The Morgan fingerprint density at radius 3 is 2.91 bits per heavy atom. The summed E-state index contributed by atoms with van der Waals surface area (Å²) in [5, 5.41) is 6.20. The van der Waals surface area contributed by atoms with Gasteiger partial charge in [-0.2, -0.15) is 0 Å². The average molecular weight is 320 g/mol. The van der Waals surface area contributed by atoms with Crippen molar-refractivity contribution in [1.82, 2.24) is 15.2 Å². The molecule has 1 aromatic rings. The Kier molecular flexibility index (Phi) is 7.29. The molecule has 1 aliphatic heterocycles. The molecule has 2 heterocycles. The van der Waals surface area contributed by atoms with Crippen LogP contribution in [0.25, 0.3) is 0 Å². The van der Waals surface area contributed by atoms with Crippen molar-refractivity contribution in [2.75, 3.05) is 44.7 Å². The number of carbonyl (C=O) groups is 1. The molecule has 0 aromatic carbocycles. The second-order valence-electron chi connectivity index (χ2n) is 5.98. The molecular weight excluding hydrogens is 292 g/mol. The number of aromatic nitrogens is 1. The number of anilines is 1. The third-order valence-corrected chi connectivity index (χ3v) is 4.21. The summed E-state index contributed by atoms with van der Waals surface area (Å²) in [6, 6.07) is 4.36. The van der Waals surface area contributed by atoms with Gasteiger partial charge in [0.2, 0.25) is 5.91 Å². The highest BCUT2D eigenvalue weighted by Crippen LogP contribution is 2.09. The van der Waals surface area contributed by atoms with E-state index in [0.717, 1.165) is 44.1 Å². The molecule has 1 aliphatic rings. The highest BCUT2D eigenvalue weighted by Gasteiger charge is 2.17. The molecular formula is C17H28N4O2. The monoisotopic (exact) mass is 320 g/mol. The zero-order valence-corrected chi connectivity index (χ0v) is 14.2. The highest BCUT2D eigenvalue weighted by atomic mass is 16.5. The normalized spacial score (nSPS) is 16.8. The first kappa shape index (κ1) is 17.7. The molecule has 0 spiro atoms. The number of pyridine rings is 1. The van der Waals surface area contributed by atoms with Gasteiger partial charge in [0.05, 0.1) is 13.2 Å². The minimum absolute atomic E-state index is 0.115. The van der Waals surface area contributed by atoms with Crippen LogP contribution in [-0.2, 0) is 9.53 Å². The van der Waals surface area contributed by atoms with Crippen LogP contribution < -0.4 is 10.6 Å². The van der Waals surface area contributed by atoms with Crippen LogP contribution in [0.15, 0.2) is 18.3 Å². The molecule has 1 saturated heterocycles. The number of hydrogen-bond donors (Lipinski definition) is 2. The van der Waals surface area contributed by atoms with Crippen LogP contribution in [0.4, 0.5) is 5.82 Å². The van der Waals surface area contributed by atoms with E-state index in [1.54, 1.807) is 6.20 Å². The topological polar surface area (TPSA) is 66.5 Å². The standard InChI is InChI=1S/C17H28N4O2/c1-14-4-3-7-19-17(14)20-9-8-18-16(22)6-5-15(2)21-10-12-23-13-11-21/h3-4,7,15H,5-6,8-13H2,1-2H3,(H,18,22)(H,19,20)/t15-/m0/s1. The summed E-state index contributed by atoms with van der Waals surface area (Å²) in [5.41, 5.74) is 1.11. The SMILES string of the molecule is Cc1cccnc1NCCNC(=O)CC[C@H](C)N1CCOCC1. The fraction of sp³-hybridized carbons (Fsp3) is 0.647. The second kappa shape index (κ2) is 9.47. The number of nitrogens with zero attached hydrogens (tertiary/aromatic N) is 2. The summed E-state index contributed by atoms with van der Waals surface area (Å²) >= 11 is 0. The van der Waals surface area contributed by atoms with Crippen molar-refractivity contribution in [2.24, 2.45) is 0 Å². The van der Waals surface area contributed by atoms with Crippen molar-refractivity contribution in [3.8, 4) is 0 Å². The quantitative estimate of drug-likeness (QED) is 0.709. The van der Waals surface area contributed by atoms with E-state index in [-0.39, 0.29) is 5.91 Å². The van der Waals surface area contributed by atoms with E-state index in [0.29, 0.717) is 25.6 Å². The maximum atomic E-state index is 11.9. The average Bonchev–Trinajstić information content (AvgIpc) is 2.59. The molecule has 0 bridgehead atoms. The molecule has 128 valence electrons. The highest BCUT2D eigenvalue weighted by molar-refractivity contribution is 5.75. The number of aryl methyl sites for hydroxylation is 1. The van der Waals surface area contributed by atoms with Crippen LogP contribution in [0.3, 0.4) is 0 Å². The fourth-order valence-electron chi connectivity index (χ4n) is 2.68. The van der Waals surface area contributed by atoms with Gasteiger partial charge in [-0.05, 0) is 31.9 Å². The number of amides is 1. The molecule has 0 saturated carbocycles. The summed E-state index contributed by atoms with van der Waals surface area (Å²) in [7, 11) is 0. The molecule has 0 unspecified atom stereocenters. The van der Waals surface area contributed by atoms with Gasteiger partial charge in [-0.15, -0.1) is 0 Å². The van der Waals surface area contributed by atoms with E-state index in [2.05, 4.69) is 27.4 Å². The first-order valence-corrected chi connectivity index (χ1v) is 8.41. The maximum Gasteiger partial charge on any atom is 0.220 e. The predicted molar refractivity (Wildman–Crippen MR) is 91.6 cm³/mol. The smallest absolute Gasteiger partial charge is 0.220 e. The van der Waals surface area contributed by atoms with Gasteiger partial charge in [0.15, 0.2) is 0 Å². The van der Waals surface area contributed by atoms with E-state index < -0.39 is 0 Å². The van der Waals surface area contributed by atoms with Gasteiger partial charge in [0, 0.05) is 44.8 Å². The van der Waals surface area contributed by atoms with Gasteiger partial charge in [-0.25, -0.2) is 4.98 Å². The van der Waals surface area contributed by atoms with Crippen molar-refractivity contribution in [3.63, 3.8) is 0 Å². The lowest BCUT2D eigenvalue weighted by Gasteiger charge is -2.32. The number of nitrogens with one attached hydrogen (secondary N) is 2. The van der Waals surface area contributed by atoms with Crippen molar-refractivity contribution in [2.45, 2.75) is 32.7 Å². The first-order valence-electron chi connectivity index (χ1n) is 8.41. The summed E-state index contributed by atoms with van der Waals surface area (Å²) in [6.07, 6.45) is 3.22. The maximum absolute atomic E-state index is 11.9. The molecule has 23 heavy (non-hydrogen) atoms. The van der Waals surface area contributed by atoms with E-state index in [1.165, 1.54) is 0 Å². The Labute approximate surface area is 138 Å². The van der Waals surface area contributed by atoms with Gasteiger partial charge in [-0.3, -0.25) is 9.69 Å². The zero-order chi connectivity index (χ0) is 16.5. The lowest BCUT2D eigenvalue weighted by molar-refractivity contribution is -0.121.